The van der Waals surface area contributed by atoms with Crippen LogP contribution < -0.4 is 10.5 Å². The Morgan fingerprint density at radius 3 is 2.94 bits per heavy atom. The summed E-state index contributed by atoms with van der Waals surface area (Å²) < 4.78 is 26.7. The molecule has 98 valence electrons. The fraction of sp³-hybridized carbons (Fsp3) is 0.333. The number of imidazole rings is 1. The number of hydrogen-bond donors (Lipinski definition) is 4. The zero-order chi connectivity index (χ0) is 13.2. The highest BCUT2D eigenvalue weighted by Crippen LogP contribution is 2.15. The van der Waals surface area contributed by atoms with Crippen molar-refractivity contribution in [3.05, 3.63) is 30.0 Å². The monoisotopic (exact) mass is 270 g/mol. The third kappa shape index (κ3) is 2.42. The van der Waals surface area contributed by atoms with Crippen molar-refractivity contribution in [2.45, 2.75) is 24.5 Å². The first-order valence-corrected chi connectivity index (χ1v) is 6.77. The molecule has 0 spiro atoms. The minimum Gasteiger partial charge on any atom is -0.347 e. The zero-order valence-corrected chi connectivity index (χ0v) is 10.5. The van der Waals surface area contributed by atoms with Crippen molar-refractivity contribution >= 4 is 10.0 Å². The zero-order valence-electron chi connectivity index (χ0n) is 9.71. The predicted molar refractivity (Wildman–Crippen MR) is 63.8 cm³/mol. The minimum absolute atomic E-state index is 0.0107. The maximum absolute atomic E-state index is 12.1. The van der Waals surface area contributed by atoms with Crippen molar-refractivity contribution in [2.75, 3.05) is 0 Å². The second-order valence-electron chi connectivity index (χ2n) is 3.75. The van der Waals surface area contributed by atoms with Crippen LogP contribution >= 0.6 is 0 Å². The van der Waals surface area contributed by atoms with Crippen molar-refractivity contribution in [3.8, 4) is 0 Å². The van der Waals surface area contributed by atoms with Gasteiger partial charge in [0.2, 0.25) is 0 Å². The van der Waals surface area contributed by atoms with Gasteiger partial charge in [0, 0.05) is 24.5 Å². The van der Waals surface area contributed by atoms with E-state index in [0.29, 0.717) is 11.4 Å². The molecule has 0 bridgehead atoms. The summed E-state index contributed by atoms with van der Waals surface area (Å²) in [5, 5.41) is 6.11. The van der Waals surface area contributed by atoms with Gasteiger partial charge in [0.05, 0.1) is 12.2 Å². The fourth-order valence-corrected chi connectivity index (χ4v) is 2.89. The van der Waals surface area contributed by atoms with Crippen molar-refractivity contribution < 1.29 is 8.42 Å². The van der Waals surface area contributed by atoms with E-state index in [1.165, 1.54) is 6.20 Å². The van der Waals surface area contributed by atoms with Gasteiger partial charge in [0.25, 0.3) is 10.0 Å². The first kappa shape index (κ1) is 12.7. The topological polar surface area (TPSA) is 130 Å². The lowest BCUT2D eigenvalue weighted by Crippen LogP contribution is -2.28. The van der Waals surface area contributed by atoms with Gasteiger partial charge in [-0.25, -0.2) is 13.4 Å². The number of nitrogens with one attached hydrogen (secondary N) is 3. The van der Waals surface area contributed by atoms with Crippen molar-refractivity contribution in [2.24, 2.45) is 5.73 Å². The molecule has 2 rings (SSSR count). The van der Waals surface area contributed by atoms with Gasteiger partial charge in [-0.05, 0) is 6.92 Å². The molecule has 18 heavy (non-hydrogen) atoms. The molecule has 0 fully saturated rings. The number of aromatic nitrogens is 4. The summed E-state index contributed by atoms with van der Waals surface area (Å²) in [5.41, 5.74) is 5.89. The van der Waals surface area contributed by atoms with Crippen molar-refractivity contribution in [1.29, 1.82) is 0 Å². The fourth-order valence-electron chi connectivity index (χ4n) is 1.54. The molecule has 0 aliphatic rings. The Labute approximate surface area is 104 Å². The molecule has 0 aromatic carbocycles. The minimum atomic E-state index is -3.69. The summed E-state index contributed by atoms with van der Waals surface area (Å²) in [4.78, 5) is 6.84. The van der Waals surface area contributed by atoms with Crippen molar-refractivity contribution in [1.82, 2.24) is 24.9 Å². The van der Waals surface area contributed by atoms with E-state index in [2.05, 4.69) is 24.9 Å². The average Bonchev–Trinajstić information content (AvgIpc) is 2.99. The number of aromatic amines is 2. The van der Waals surface area contributed by atoms with Gasteiger partial charge >= 0.3 is 0 Å². The molecule has 2 heterocycles. The number of H-pyrrole nitrogens is 2. The van der Waals surface area contributed by atoms with Gasteiger partial charge in [-0.3, -0.25) is 5.10 Å². The molecular weight excluding hydrogens is 256 g/mol. The molecule has 2 aromatic heterocycles. The van der Waals surface area contributed by atoms with E-state index in [9.17, 15) is 8.42 Å². The molecular formula is C9H14N6O2S. The molecule has 0 amide bonds. The smallest absolute Gasteiger partial charge is 0.258 e. The maximum Gasteiger partial charge on any atom is 0.258 e. The molecule has 1 atom stereocenters. The first-order chi connectivity index (χ1) is 8.54. The Bertz CT molecular complexity index is 603. The first-order valence-electron chi connectivity index (χ1n) is 5.28. The van der Waals surface area contributed by atoms with Crippen LogP contribution in [0.4, 0.5) is 0 Å². The lowest BCUT2D eigenvalue weighted by Gasteiger charge is -2.11. The van der Waals surface area contributed by atoms with E-state index in [1.807, 2.05) is 0 Å². The van der Waals surface area contributed by atoms with Gasteiger partial charge in [0.15, 0.2) is 5.03 Å². The Morgan fingerprint density at radius 2 is 2.33 bits per heavy atom. The SMILES string of the molecule is CC(NS(=O)(=O)c1[nH]ncc1CN)c1ncc[nH]1. The maximum atomic E-state index is 12.1. The molecule has 8 nitrogen and oxygen atoms in total. The van der Waals surface area contributed by atoms with Gasteiger partial charge in [0.1, 0.15) is 5.82 Å². The highest BCUT2D eigenvalue weighted by Gasteiger charge is 2.23. The van der Waals surface area contributed by atoms with Gasteiger partial charge in [-0.2, -0.15) is 9.82 Å². The normalized spacial score (nSPS) is 13.7. The van der Waals surface area contributed by atoms with Crippen LogP contribution in [0.25, 0.3) is 0 Å². The van der Waals surface area contributed by atoms with Gasteiger partial charge in [-0.1, -0.05) is 0 Å². The molecule has 2 aromatic rings. The molecule has 0 saturated heterocycles. The summed E-state index contributed by atoms with van der Waals surface area (Å²) in [7, 11) is -3.69. The van der Waals surface area contributed by atoms with Crippen LogP contribution in [0.5, 0.6) is 0 Å². The Kier molecular flexibility index (Phi) is 3.45. The van der Waals surface area contributed by atoms with Gasteiger partial charge in [-0.15, -0.1) is 0 Å². The van der Waals surface area contributed by atoms with E-state index >= 15 is 0 Å². The molecule has 0 aliphatic carbocycles. The molecule has 9 heteroatoms. The van der Waals surface area contributed by atoms with E-state index in [-0.39, 0.29) is 11.6 Å². The molecule has 0 saturated carbocycles. The van der Waals surface area contributed by atoms with E-state index < -0.39 is 16.1 Å². The number of rotatable bonds is 5. The van der Waals surface area contributed by atoms with Crippen LogP contribution in [0.2, 0.25) is 0 Å². The third-order valence-electron chi connectivity index (χ3n) is 2.43. The van der Waals surface area contributed by atoms with Crippen LogP contribution in [0.3, 0.4) is 0 Å². The average molecular weight is 270 g/mol. The Morgan fingerprint density at radius 1 is 1.56 bits per heavy atom. The van der Waals surface area contributed by atoms with Crippen LogP contribution in [-0.4, -0.2) is 28.6 Å². The van der Waals surface area contributed by atoms with Crippen molar-refractivity contribution in [3.63, 3.8) is 0 Å². The second kappa shape index (κ2) is 4.88. The lowest BCUT2D eigenvalue weighted by atomic mass is 10.3. The predicted octanol–water partition coefficient (Wildman–Crippen LogP) is -0.369. The standard InChI is InChI=1S/C9H14N6O2S/c1-6(8-11-2-3-12-8)15-18(16,17)9-7(4-10)5-13-14-9/h2-3,5-6,15H,4,10H2,1H3,(H,11,12)(H,13,14). The highest BCUT2D eigenvalue weighted by atomic mass is 32.2. The van der Waals surface area contributed by atoms with Gasteiger partial charge < -0.3 is 10.7 Å². The largest absolute Gasteiger partial charge is 0.347 e. The summed E-state index contributed by atoms with van der Waals surface area (Å²) in [5.74, 6) is 0.535. The quantitative estimate of drug-likeness (QED) is 0.589. The lowest BCUT2D eigenvalue weighted by molar-refractivity contribution is 0.556. The molecule has 0 radical (unpaired) electrons. The second-order valence-corrected chi connectivity index (χ2v) is 5.40. The number of hydrogen-bond acceptors (Lipinski definition) is 5. The van der Waals surface area contributed by atoms with E-state index in [1.54, 1.807) is 19.3 Å². The van der Waals surface area contributed by atoms with Crippen LogP contribution in [0.1, 0.15) is 24.4 Å². The highest BCUT2D eigenvalue weighted by molar-refractivity contribution is 7.89. The number of nitrogens with two attached hydrogens (primary N) is 1. The Hall–Kier alpha value is -1.71. The van der Waals surface area contributed by atoms with Crippen LogP contribution in [0, 0.1) is 0 Å². The Balaban J connectivity index is 2.23. The summed E-state index contributed by atoms with van der Waals surface area (Å²) in [6, 6.07) is -0.473. The molecule has 0 aliphatic heterocycles. The summed E-state index contributed by atoms with van der Waals surface area (Å²) in [6.45, 7) is 1.79. The summed E-state index contributed by atoms with van der Waals surface area (Å²) >= 11 is 0. The number of sulfonamides is 1. The number of nitrogens with zero attached hydrogens (tertiary/aromatic N) is 2. The third-order valence-corrected chi connectivity index (χ3v) is 3.98. The van der Waals surface area contributed by atoms with E-state index in [0.717, 1.165) is 0 Å². The van der Waals surface area contributed by atoms with E-state index in [4.69, 9.17) is 5.73 Å². The molecule has 1 unspecified atom stereocenters. The van der Waals surface area contributed by atoms with Crippen LogP contribution in [-0.2, 0) is 16.6 Å². The molecule has 5 N–H and O–H groups in total. The summed E-state index contributed by atoms with van der Waals surface area (Å²) in [6.07, 6.45) is 4.58. The van der Waals surface area contributed by atoms with Crippen LogP contribution in [0.15, 0.2) is 23.6 Å².